The van der Waals surface area contributed by atoms with E-state index >= 15 is 0 Å². The van der Waals surface area contributed by atoms with Gasteiger partial charge >= 0.3 is 5.97 Å². The van der Waals surface area contributed by atoms with Crippen LogP contribution in [-0.4, -0.2) is 58.9 Å². The van der Waals surface area contributed by atoms with Crippen LogP contribution in [0, 0.1) is 18.8 Å². The topological polar surface area (TPSA) is 115 Å². The van der Waals surface area contributed by atoms with Gasteiger partial charge in [-0.2, -0.15) is 0 Å². The van der Waals surface area contributed by atoms with Gasteiger partial charge in [0.1, 0.15) is 12.3 Å². The molecule has 34 heavy (non-hydrogen) atoms. The molecule has 0 radical (unpaired) electrons. The van der Waals surface area contributed by atoms with Crippen LogP contribution >= 0.6 is 0 Å². The predicted molar refractivity (Wildman–Crippen MR) is 117 cm³/mol. The predicted octanol–water partition coefficient (Wildman–Crippen LogP) is -0.251. The third-order valence-corrected chi connectivity index (χ3v) is 7.89. The number of piperidine rings is 3. The van der Waals surface area contributed by atoms with Crippen LogP contribution in [0.15, 0.2) is 33.6 Å². The van der Waals surface area contributed by atoms with E-state index in [-0.39, 0.29) is 40.8 Å². The Morgan fingerprint density at radius 1 is 1.26 bits per heavy atom. The van der Waals surface area contributed by atoms with Crippen LogP contribution < -0.4 is 22.3 Å². The van der Waals surface area contributed by atoms with E-state index < -0.39 is 11.6 Å². The lowest BCUT2D eigenvalue weighted by Crippen LogP contribution is -3.00. The molecule has 2 aromatic heterocycles. The maximum Gasteiger partial charge on any atom is 0.343 e. The van der Waals surface area contributed by atoms with Crippen molar-refractivity contribution >= 4 is 17.7 Å². The van der Waals surface area contributed by atoms with E-state index in [1.54, 1.807) is 19.1 Å². The lowest BCUT2D eigenvalue weighted by molar-refractivity contribution is -0.939. The Balaban J connectivity index is 0.00000274. The van der Waals surface area contributed by atoms with Crippen molar-refractivity contribution in [3.63, 3.8) is 0 Å². The first-order valence-corrected chi connectivity index (χ1v) is 11.9. The number of quaternary nitrogens is 1. The average molecular weight is 538 g/mol. The number of carbonyl (C=O) groups is 2. The van der Waals surface area contributed by atoms with Gasteiger partial charge in [-0.3, -0.25) is 4.79 Å². The summed E-state index contributed by atoms with van der Waals surface area (Å²) in [5, 5.41) is 18.2. The molecule has 10 heteroatoms. The van der Waals surface area contributed by atoms with Gasteiger partial charge in [0.05, 0.1) is 25.6 Å². The number of ether oxygens (including phenoxy) is 1. The van der Waals surface area contributed by atoms with Gasteiger partial charge in [-0.05, 0) is 25.8 Å². The summed E-state index contributed by atoms with van der Waals surface area (Å²) in [4.78, 5) is 26.2. The first-order chi connectivity index (χ1) is 15.9. The number of hydrogen-bond acceptors (Lipinski definition) is 7. The molecule has 0 aromatic carbocycles. The third-order valence-electron chi connectivity index (χ3n) is 7.89. The highest BCUT2D eigenvalue weighted by Gasteiger charge is 2.53. The highest BCUT2D eigenvalue weighted by molar-refractivity contribution is 5.90. The molecule has 4 fully saturated rings. The molecular formula is C24H32BrN3O6. The molecule has 3 aliphatic heterocycles. The summed E-state index contributed by atoms with van der Waals surface area (Å²) in [6, 6.07) is 3.34. The van der Waals surface area contributed by atoms with Crippen LogP contribution in [0.25, 0.3) is 0 Å². The van der Waals surface area contributed by atoms with Crippen LogP contribution in [0.5, 0.6) is 0 Å². The van der Waals surface area contributed by atoms with E-state index in [4.69, 9.17) is 13.7 Å². The number of nitrogens with zero attached hydrogens (tertiary/aromatic N) is 2. The second-order valence-electron chi connectivity index (χ2n) is 10.0. The number of amides is 1. The number of hydrogen-bond donors (Lipinski definition) is 2. The number of aryl methyl sites for hydroxylation is 1. The molecule has 1 aliphatic carbocycles. The lowest BCUT2D eigenvalue weighted by atomic mass is 9.80. The molecule has 2 N–H and O–H groups in total. The molecule has 4 aliphatic rings. The Hall–Kier alpha value is -2.17. The van der Waals surface area contributed by atoms with E-state index in [0.717, 1.165) is 51.6 Å². The van der Waals surface area contributed by atoms with Crippen LogP contribution in [0.2, 0.25) is 0 Å². The van der Waals surface area contributed by atoms with E-state index in [1.807, 2.05) is 0 Å². The smallest absolute Gasteiger partial charge is 0.343 e. The number of esters is 1. The van der Waals surface area contributed by atoms with Gasteiger partial charge in [-0.1, -0.05) is 18.0 Å². The van der Waals surface area contributed by atoms with E-state index in [2.05, 4.69) is 10.5 Å². The zero-order chi connectivity index (χ0) is 23.1. The van der Waals surface area contributed by atoms with Crippen molar-refractivity contribution in [2.24, 2.45) is 11.8 Å². The number of rotatable bonds is 7. The average Bonchev–Trinajstić information content (AvgIpc) is 3.57. The van der Waals surface area contributed by atoms with Gasteiger partial charge in [0.25, 0.3) is 5.91 Å². The molecular weight excluding hydrogens is 506 g/mol. The highest BCUT2D eigenvalue weighted by Crippen LogP contribution is 2.43. The van der Waals surface area contributed by atoms with Gasteiger partial charge in [-0.25, -0.2) is 4.79 Å². The minimum absolute atomic E-state index is 0. The molecule has 1 saturated carbocycles. The summed E-state index contributed by atoms with van der Waals surface area (Å²) in [7, 11) is 0. The minimum Gasteiger partial charge on any atom is -1.00 e. The van der Waals surface area contributed by atoms with Crippen molar-refractivity contribution in [2.45, 2.75) is 57.2 Å². The molecule has 9 nitrogen and oxygen atoms in total. The van der Waals surface area contributed by atoms with Gasteiger partial charge in [0.2, 0.25) is 0 Å². The van der Waals surface area contributed by atoms with Gasteiger partial charge in [-0.15, -0.1) is 0 Å². The zero-order valence-corrected chi connectivity index (χ0v) is 21.0. The number of aliphatic hydroxyl groups is 1. The van der Waals surface area contributed by atoms with Gasteiger partial charge < -0.3 is 45.6 Å². The molecule has 2 atom stereocenters. The molecule has 2 aromatic rings. The Morgan fingerprint density at radius 3 is 2.62 bits per heavy atom. The first kappa shape index (κ1) is 24.9. The largest absolute Gasteiger partial charge is 1.00 e. The summed E-state index contributed by atoms with van der Waals surface area (Å²) < 4.78 is 16.8. The minimum atomic E-state index is -1.69. The van der Waals surface area contributed by atoms with Crippen molar-refractivity contribution in [1.82, 2.24) is 5.16 Å². The third kappa shape index (κ3) is 4.67. The molecule has 3 saturated heterocycles. The highest BCUT2D eigenvalue weighted by atomic mass is 79.9. The second-order valence-corrected chi connectivity index (χ2v) is 10.0. The summed E-state index contributed by atoms with van der Waals surface area (Å²) >= 11 is 0. The van der Waals surface area contributed by atoms with Crippen LogP contribution in [0.3, 0.4) is 0 Å². The first-order valence-electron chi connectivity index (χ1n) is 11.9. The fourth-order valence-electron chi connectivity index (χ4n) is 6.06. The number of fused-ring (bicyclic) bond motifs is 3. The van der Waals surface area contributed by atoms with E-state index in [0.29, 0.717) is 34.7 Å². The summed E-state index contributed by atoms with van der Waals surface area (Å²) in [6.07, 6.45) is 7.94. The van der Waals surface area contributed by atoms with Gasteiger partial charge in [0.15, 0.2) is 24.1 Å². The number of carbonyl (C=O) groups excluding carboxylic acids is 2. The number of furan rings is 1. The second kappa shape index (κ2) is 9.83. The Kier molecular flexibility index (Phi) is 7.21. The van der Waals surface area contributed by atoms with Crippen LogP contribution in [-0.2, 0) is 19.9 Å². The molecule has 5 heterocycles. The molecule has 2 bridgehead atoms. The Bertz CT molecular complexity index is 994. The Labute approximate surface area is 209 Å². The number of halogens is 1. The Morgan fingerprint density at radius 2 is 2.00 bits per heavy atom. The fraction of sp³-hybridized carbons (Fsp3) is 0.625. The normalized spacial score (nSPS) is 28.2. The molecule has 0 spiro atoms. The van der Waals surface area contributed by atoms with Crippen molar-refractivity contribution in [3.05, 3.63) is 36.0 Å². The quantitative estimate of drug-likeness (QED) is 0.369. The molecule has 1 amide bonds. The van der Waals surface area contributed by atoms with Crippen LogP contribution in [0.1, 0.15) is 49.8 Å². The molecule has 6 rings (SSSR count). The fourth-order valence-corrected chi connectivity index (χ4v) is 6.06. The van der Waals surface area contributed by atoms with Crippen molar-refractivity contribution in [1.29, 1.82) is 0 Å². The molecule has 1 unspecified atom stereocenters. The number of aromatic nitrogens is 1. The summed E-state index contributed by atoms with van der Waals surface area (Å²) in [6.45, 7) is 4.39. The van der Waals surface area contributed by atoms with E-state index in [9.17, 15) is 14.7 Å². The van der Waals surface area contributed by atoms with Gasteiger partial charge in [0, 0.05) is 36.3 Å². The van der Waals surface area contributed by atoms with Crippen molar-refractivity contribution in [3.8, 4) is 0 Å². The van der Waals surface area contributed by atoms with Crippen molar-refractivity contribution in [2.75, 3.05) is 31.5 Å². The number of anilines is 1. The lowest BCUT2D eigenvalue weighted by Gasteiger charge is -2.51. The number of nitrogens with one attached hydrogen (secondary N) is 1. The summed E-state index contributed by atoms with van der Waals surface area (Å²) in [5.41, 5.74) is -1.23. The monoisotopic (exact) mass is 537 g/mol. The molecule has 186 valence electrons. The zero-order valence-electron chi connectivity index (χ0n) is 19.4. The van der Waals surface area contributed by atoms with E-state index in [1.165, 1.54) is 12.5 Å². The van der Waals surface area contributed by atoms with Crippen LogP contribution in [0.4, 0.5) is 5.82 Å². The standard InChI is InChI=1S/C24H31N3O6.BrH/c1-16-12-21(26-33-16)25-22(28)14-27-9-6-17(7-10-27)20(13-27)32-23(29)24(30,18-4-2-3-5-18)19-8-11-31-15-19;/h8,11-12,15,17-18,20,30H,2-7,9-10,13-14H2,1H3;1H/t17?,20-,24?,27?;/m0./s1. The summed E-state index contributed by atoms with van der Waals surface area (Å²) in [5.74, 6) is 0.406. The maximum atomic E-state index is 13.4. The SMILES string of the molecule is Cc1cc(NC(=O)C[N+]23CCC(CC2)[C@@H](OC(=O)C(O)(c2ccoc2)C2CCCC2)C3)no1.[Br-]. The maximum absolute atomic E-state index is 13.4. The van der Waals surface area contributed by atoms with Crippen molar-refractivity contribution < 1.29 is 49.8 Å².